The summed E-state index contributed by atoms with van der Waals surface area (Å²) in [5.41, 5.74) is 0. The quantitative estimate of drug-likeness (QED) is 0.410. The average Bonchev–Trinajstić information content (AvgIpc) is 2.72. The molecule has 4 bridgehead atoms. The molecule has 0 saturated carbocycles. The van der Waals surface area contributed by atoms with Gasteiger partial charge in [0.1, 0.15) is 0 Å². The van der Waals surface area contributed by atoms with Crippen LogP contribution in [-0.2, 0) is 19.4 Å². The van der Waals surface area contributed by atoms with Crippen molar-refractivity contribution in [1.29, 1.82) is 0 Å². The van der Waals surface area contributed by atoms with E-state index in [1.54, 1.807) is 0 Å². The number of rotatable bonds is 2. The molecule has 96 valence electrons. The maximum atomic E-state index is 11.6. The van der Waals surface area contributed by atoms with Crippen LogP contribution >= 0.6 is 0 Å². The van der Waals surface area contributed by atoms with E-state index in [9.17, 15) is 9.90 Å². The van der Waals surface area contributed by atoms with Gasteiger partial charge >= 0.3 is 108 Å². The summed E-state index contributed by atoms with van der Waals surface area (Å²) in [5, 5.41) is 18.5. The van der Waals surface area contributed by atoms with Crippen LogP contribution in [0.25, 0.3) is 0 Å². The summed E-state index contributed by atoms with van der Waals surface area (Å²) < 4.78 is 32.2. The molecule has 1 spiro atoms. The maximum absolute atomic E-state index is 11.6. The van der Waals surface area contributed by atoms with Crippen molar-refractivity contribution >= 4 is 46.9 Å². The summed E-state index contributed by atoms with van der Waals surface area (Å²) in [6, 6.07) is 0. The minimum absolute atomic E-state index is 0.513. The van der Waals surface area contributed by atoms with E-state index in [0.717, 1.165) is 0 Å². The van der Waals surface area contributed by atoms with Gasteiger partial charge in [0.2, 0.25) is 0 Å². The molecule has 9 nitrogen and oxygen atoms in total. The second-order valence-electron chi connectivity index (χ2n) is 3.96. The second-order valence-corrected chi connectivity index (χ2v) is 19.0. The van der Waals surface area contributed by atoms with Crippen LogP contribution in [0.3, 0.4) is 0 Å². The molecule has 0 amide bonds. The molecule has 5 saturated heterocycles. The van der Waals surface area contributed by atoms with Crippen molar-refractivity contribution in [3.8, 4) is 0 Å². The fourth-order valence-corrected chi connectivity index (χ4v) is 25.0. The SMILES string of the molecule is O=C1[O][Sb]2[O][Sb]34([O][C@H]([C@H](O)CO)[C@H]([O]3)[C@@H]1[O]4)[O]2. The molecule has 5 fully saturated rings. The zero-order valence-electron chi connectivity index (χ0n) is 8.16. The van der Waals surface area contributed by atoms with E-state index in [1.165, 1.54) is 0 Å². The van der Waals surface area contributed by atoms with Crippen LogP contribution in [0.2, 0.25) is 0 Å². The molecule has 2 N–H and O–H groups in total. The second kappa shape index (κ2) is 3.28. The number of hydrogen-bond donors (Lipinski definition) is 2. The topological polar surface area (TPSA) is 113 Å². The predicted molar refractivity (Wildman–Crippen MR) is 47.5 cm³/mol. The summed E-state index contributed by atoms with van der Waals surface area (Å²) in [4.78, 5) is 11.6. The van der Waals surface area contributed by atoms with Gasteiger partial charge in [0.05, 0.1) is 0 Å². The number of aliphatic hydroxyl groups is 2. The summed E-state index contributed by atoms with van der Waals surface area (Å²) in [5.74, 6) is -0.595. The number of carbonyl (C=O) groups excluding carboxylic acids is 1. The van der Waals surface area contributed by atoms with Gasteiger partial charge in [-0.2, -0.15) is 0 Å². The van der Waals surface area contributed by atoms with E-state index in [0.29, 0.717) is 0 Å². The Labute approximate surface area is 107 Å². The monoisotopic (exact) mass is 466 g/mol. The molecule has 0 aromatic rings. The van der Waals surface area contributed by atoms with E-state index in [1.807, 2.05) is 0 Å². The molecule has 0 radical (unpaired) electrons. The van der Waals surface area contributed by atoms with Crippen molar-refractivity contribution in [3.05, 3.63) is 0 Å². The van der Waals surface area contributed by atoms with E-state index in [2.05, 4.69) is 0 Å². The van der Waals surface area contributed by atoms with Gasteiger partial charge in [-0.05, 0) is 0 Å². The van der Waals surface area contributed by atoms with Crippen LogP contribution in [0.15, 0.2) is 0 Å². The van der Waals surface area contributed by atoms with Gasteiger partial charge in [-0.25, -0.2) is 0 Å². The fourth-order valence-electron chi connectivity index (χ4n) is 2.13. The molecule has 0 aliphatic carbocycles. The molecule has 0 aromatic heterocycles. The number of fused-ring (bicyclic) bond motifs is 2. The third kappa shape index (κ3) is 1.33. The molecular weight excluding hydrogens is 460 g/mol. The Kier molecular flexibility index (Phi) is 2.25. The first kappa shape index (κ1) is 11.6. The Morgan fingerprint density at radius 1 is 1.35 bits per heavy atom. The van der Waals surface area contributed by atoms with Gasteiger partial charge in [-0.3, -0.25) is 0 Å². The van der Waals surface area contributed by atoms with Gasteiger partial charge in [-0.1, -0.05) is 0 Å². The molecule has 4 atom stereocenters. The average molecular weight is 468 g/mol. The van der Waals surface area contributed by atoms with Crippen molar-refractivity contribution in [1.82, 2.24) is 0 Å². The zero-order chi connectivity index (χ0) is 11.9. The summed E-state index contributed by atoms with van der Waals surface area (Å²) in [6.07, 6.45) is -3.88. The van der Waals surface area contributed by atoms with Gasteiger partial charge in [0.25, 0.3) is 0 Å². The van der Waals surface area contributed by atoms with E-state index in [4.69, 9.17) is 19.8 Å². The predicted octanol–water partition coefficient (Wildman–Crippen LogP) is -3.00. The molecule has 0 unspecified atom stereocenters. The normalized spacial score (nSPS) is 48.5. The summed E-state index contributed by atoms with van der Waals surface area (Å²) >= 11 is -7.90. The zero-order valence-corrected chi connectivity index (χ0v) is 13.3. The van der Waals surface area contributed by atoms with E-state index < -0.39 is 78.0 Å². The fraction of sp³-hybridized carbons (Fsp3) is 0.833. The van der Waals surface area contributed by atoms with Crippen molar-refractivity contribution in [2.45, 2.75) is 24.4 Å². The van der Waals surface area contributed by atoms with Crippen LogP contribution in [0.4, 0.5) is 0 Å². The van der Waals surface area contributed by atoms with Crippen molar-refractivity contribution in [3.63, 3.8) is 0 Å². The first-order valence-electron chi connectivity index (χ1n) is 4.85. The Hall–Kier alpha value is 0.826. The summed E-state index contributed by atoms with van der Waals surface area (Å²) in [7, 11) is 0. The van der Waals surface area contributed by atoms with Crippen LogP contribution < -0.4 is 0 Å². The minimum atomic E-state index is -4.95. The van der Waals surface area contributed by atoms with Crippen LogP contribution in [0.1, 0.15) is 0 Å². The van der Waals surface area contributed by atoms with E-state index >= 15 is 0 Å². The molecule has 5 aliphatic heterocycles. The van der Waals surface area contributed by atoms with E-state index in [-0.39, 0.29) is 0 Å². The van der Waals surface area contributed by atoms with Crippen LogP contribution in [0, 0.1) is 0 Å². The third-order valence-corrected chi connectivity index (χ3v) is 26.4. The molecule has 5 aliphatic rings. The first-order chi connectivity index (χ1) is 8.04. The molecule has 5 rings (SSSR count). The van der Waals surface area contributed by atoms with Crippen molar-refractivity contribution in [2.24, 2.45) is 0 Å². The first-order valence-corrected chi connectivity index (χ1v) is 13.2. The summed E-state index contributed by atoms with van der Waals surface area (Å²) in [6.45, 7) is -0.513. The third-order valence-electron chi connectivity index (χ3n) is 2.86. The van der Waals surface area contributed by atoms with Crippen LogP contribution in [0.5, 0.6) is 0 Å². The Bertz CT molecular complexity index is 408. The number of aliphatic hydroxyl groups excluding tert-OH is 2. The number of hydrogen-bond acceptors (Lipinski definition) is 9. The van der Waals surface area contributed by atoms with Gasteiger partial charge in [0.15, 0.2) is 0 Å². The van der Waals surface area contributed by atoms with Gasteiger partial charge in [0, 0.05) is 0 Å². The Morgan fingerprint density at radius 3 is 2.82 bits per heavy atom. The Balaban J connectivity index is 1.75. The standard InChI is InChI=1S/C6H9O7.2O.2Sb/c7-1-2(8)3(9)4(10)5(11)6(12)13;;;;/h2-5,7-8H,1H2,(H,12,13);;;;/q-3;;;+1;+3/p-1/t2-,3-,4+,5+;;;;/m1..../s1. The Morgan fingerprint density at radius 2 is 2.12 bits per heavy atom. The van der Waals surface area contributed by atoms with Crippen LogP contribution in [-0.4, -0.2) is 88.2 Å². The van der Waals surface area contributed by atoms with Crippen molar-refractivity contribution < 1.29 is 29.7 Å². The molecule has 11 heteroatoms. The molecule has 17 heavy (non-hydrogen) atoms. The number of carbonyl (C=O) groups is 1. The molecule has 0 aromatic carbocycles. The van der Waals surface area contributed by atoms with Gasteiger partial charge < -0.3 is 0 Å². The molecular formula is C6H8O9Sb2. The van der Waals surface area contributed by atoms with Gasteiger partial charge in [-0.15, -0.1) is 0 Å². The molecule has 5 heterocycles. The van der Waals surface area contributed by atoms with Crippen molar-refractivity contribution in [2.75, 3.05) is 6.61 Å².